The Bertz CT molecular complexity index is 751. The number of rotatable bonds is 5. The van der Waals surface area contributed by atoms with Crippen molar-refractivity contribution in [2.45, 2.75) is 36.6 Å². The summed E-state index contributed by atoms with van der Waals surface area (Å²) in [5, 5.41) is 0. The minimum absolute atomic E-state index is 0.149. The molecule has 0 radical (unpaired) electrons. The maximum Gasteiger partial charge on any atom is 0.253 e. The van der Waals surface area contributed by atoms with Crippen molar-refractivity contribution in [1.29, 1.82) is 0 Å². The van der Waals surface area contributed by atoms with Crippen molar-refractivity contribution >= 4 is 37.3 Å². The van der Waals surface area contributed by atoms with E-state index >= 15 is 0 Å². The molecular formula is C15H16BrNO2S2. The maximum absolute atomic E-state index is 12.8. The molecule has 1 heterocycles. The fourth-order valence-electron chi connectivity index (χ4n) is 2.32. The Kier molecular flexibility index (Phi) is 4.23. The summed E-state index contributed by atoms with van der Waals surface area (Å²) >= 11 is 4.61. The Hall–Kier alpha value is -0.690. The van der Waals surface area contributed by atoms with Gasteiger partial charge in [-0.05, 0) is 53.4 Å². The fraction of sp³-hybridized carbons (Fsp3) is 0.333. The van der Waals surface area contributed by atoms with E-state index < -0.39 is 10.0 Å². The van der Waals surface area contributed by atoms with Gasteiger partial charge in [0, 0.05) is 12.6 Å². The molecule has 0 atom stereocenters. The quantitative estimate of drug-likeness (QED) is 0.774. The largest absolute Gasteiger partial charge is 0.253 e. The summed E-state index contributed by atoms with van der Waals surface area (Å²) in [6.45, 7) is 2.47. The zero-order chi connectivity index (χ0) is 15.0. The first-order valence-electron chi connectivity index (χ1n) is 6.79. The predicted octanol–water partition coefficient (Wildman–Crippen LogP) is 4.17. The Morgan fingerprint density at radius 2 is 2.05 bits per heavy atom. The van der Waals surface area contributed by atoms with E-state index in [0.29, 0.717) is 10.8 Å². The van der Waals surface area contributed by atoms with Gasteiger partial charge in [0.1, 0.15) is 4.21 Å². The lowest BCUT2D eigenvalue weighted by atomic mass is 10.1. The number of benzene rings is 1. The van der Waals surface area contributed by atoms with Crippen LogP contribution in [0.25, 0.3) is 0 Å². The van der Waals surface area contributed by atoms with Crippen LogP contribution in [0.15, 0.2) is 44.4 Å². The lowest BCUT2D eigenvalue weighted by Crippen LogP contribution is -2.32. The molecule has 0 N–H and O–H groups in total. The molecule has 1 fully saturated rings. The van der Waals surface area contributed by atoms with Gasteiger partial charge in [0.25, 0.3) is 10.0 Å². The molecule has 0 unspecified atom stereocenters. The molecule has 112 valence electrons. The lowest BCUT2D eigenvalue weighted by molar-refractivity contribution is 0.400. The molecule has 6 heteroatoms. The molecule has 1 aliphatic carbocycles. The molecule has 0 amide bonds. The highest BCUT2D eigenvalue weighted by Crippen LogP contribution is 2.36. The first kappa shape index (κ1) is 15.2. The van der Waals surface area contributed by atoms with Gasteiger partial charge in [-0.3, -0.25) is 0 Å². The zero-order valence-corrected chi connectivity index (χ0v) is 14.8. The maximum atomic E-state index is 12.8. The molecule has 1 aliphatic rings. The molecule has 3 rings (SSSR count). The molecule has 1 aromatic heterocycles. The van der Waals surface area contributed by atoms with Gasteiger partial charge in [-0.15, -0.1) is 11.3 Å². The molecule has 1 saturated carbocycles. The minimum Gasteiger partial charge on any atom is -0.206 e. The van der Waals surface area contributed by atoms with Crippen LogP contribution in [0.4, 0.5) is 0 Å². The number of nitrogens with zero attached hydrogens (tertiary/aromatic N) is 1. The number of halogens is 1. The van der Waals surface area contributed by atoms with Gasteiger partial charge in [0.05, 0.1) is 3.79 Å². The van der Waals surface area contributed by atoms with Crippen molar-refractivity contribution in [3.05, 3.63) is 51.3 Å². The summed E-state index contributed by atoms with van der Waals surface area (Å²) in [5.74, 6) is 0. The topological polar surface area (TPSA) is 37.4 Å². The van der Waals surface area contributed by atoms with Crippen molar-refractivity contribution in [3.8, 4) is 0 Å². The van der Waals surface area contributed by atoms with E-state index in [2.05, 4.69) is 22.0 Å². The Morgan fingerprint density at radius 3 is 2.62 bits per heavy atom. The summed E-state index contributed by atoms with van der Waals surface area (Å²) < 4.78 is 28.6. The molecule has 0 aliphatic heterocycles. The average Bonchev–Trinajstić information content (AvgIpc) is 3.16. The highest BCUT2D eigenvalue weighted by molar-refractivity contribution is 9.11. The second-order valence-corrected chi connectivity index (χ2v) is 9.91. The van der Waals surface area contributed by atoms with Crippen LogP contribution in [0.5, 0.6) is 0 Å². The van der Waals surface area contributed by atoms with Crippen molar-refractivity contribution in [2.75, 3.05) is 0 Å². The van der Waals surface area contributed by atoms with Crippen LogP contribution in [-0.4, -0.2) is 18.8 Å². The van der Waals surface area contributed by atoms with E-state index in [1.165, 1.54) is 11.3 Å². The van der Waals surface area contributed by atoms with Crippen LogP contribution in [0.3, 0.4) is 0 Å². The highest BCUT2D eigenvalue weighted by Gasteiger charge is 2.38. The fourth-order valence-corrected chi connectivity index (χ4v) is 6.13. The smallest absolute Gasteiger partial charge is 0.206 e. The van der Waals surface area contributed by atoms with E-state index in [1.807, 2.05) is 25.1 Å². The van der Waals surface area contributed by atoms with Crippen LogP contribution >= 0.6 is 27.3 Å². The van der Waals surface area contributed by atoms with Gasteiger partial charge in [-0.2, -0.15) is 4.31 Å². The van der Waals surface area contributed by atoms with Crippen molar-refractivity contribution in [1.82, 2.24) is 4.31 Å². The van der Waals surface area contributed by atoms with E-state index in [0.717, 1.165) is 27.8 Å². The first-order valence-corrected chi connectivity index (χ1v) is 9.84. The summed E-state index contributed by atoms with van der Waals surface area (Å²) in [5.41, 5.74) is 2.20. The number of hydrogen-bond donors (Lipinski definition) is 0. The lowest BCUT2D eigenvalue weighted by Gasteiger charge is -2.21. The Labute approximate surface area is 137 Å². The van der Waals surface area contributed by atoms with E-state index in [1.54, 1.807) is 16.4 Å². The summed E-state index contributed by atoms with van der Waals surface area (Å²) in [6, 6.07) is 11.7. The Balaban J connectivity index is 1.91. The van der Waals surface area contributed by atoms with Gasteiger partial charge >= 0.3 is 0 Å². The standard InChI is InChI=1S/C15H16BrNO2S2/c1-11-3-2-4-12(9-11)10-17(13-5-6-13)21(18,19)15-8-7-14(16)20-15/h2-4,7-9,13H,5-6,10H2,1H3. The average molecular weight is 386 g/mol. The number of hydrogen-bond acceptors (Lipinski definition) is 3. The van der Waals surface area contributed by atoms with Crippen LogP contribution in [-0.2, 0) is 16.6 Å². The molecule has 0 saturated heterocycles. The summed E-state index contributed by atoms with van der Waals surface area (Å²) in [6.07, 6.45) is 1.91. The van der Waals surface area contributed by atoms with Crippen LogP contribution in [0.2, 0.25) is 0 Å². The van der Waals surface area contributed by atoms with Crippen LogP contribution in [0.1, 0.15) is 24.0 Å². The molecular weight excluding hydrogens is 370 g/mol. The second-order valence-electron chi connectivity index (χ2n) is 5.33. The number of sulfonamides is 1. The molecule has 3 nitrogen and oxygen atoms in total. The SMILES string of the molecule is Cc1cccc(CN(C2CC2)S(=O)(=O)c2ccc(Br)s2)c1. The summed E-state index contributed by atoms with van der Waals surface area (Å²) in [7, 11) is -3.41. The van der Waals surface area contributed by atoms with Crippen LogP contribution < -0.4 is 0 Å². The molecule has 0 spiro atoms. The van der Waals surface area contributed by atoms with Crippen molar-refractivity contribution in [2.24, 2.45) is 0 Å². The molecule has 21 heavy (non-hydrogen) atoms. The highest BCUT2D eigenvalue weighted by atomic mass is 79.9. The summed E-state index contributed by atoms with van der Waals surface area (Å²) in [4.78, 5) is 0. The third-order valence-corrected chi connectivity index (χ3v) is 7.48. The molecule has 0 bridgehead atoms. The Morgan fingerprint density at radius 1 is 1.29 bits per heavy atom. The zero-order valence-electron chi connectivity index (χ0n) is 11.6. The normalized spacial score (nSPS) is 15.6. The first-order chi connectivity index (χ1) is 9.96. The van der Waals surface area contributed by atoms with Crippen molar-refractivity contribution < 1.29 is 8.42 Å². The number of thiophene rings is 1. The van der Waals surface area contributed by atoms with E-state index in [-0.39, 0.29) is 6.04 Å². The third-order valence-electron chi connectivity index (χ3n) is 3.49. The van der Waals surface area contributed by atoms with Gasteiger partial charge in [0.2, 0.25) is 0 Å². The van der Waals surface area contributed by atoms with Gasteiger partial charge in [-0.1, -0.05) is 29.8 Å². The predicted molar refractivity (Wildman–Crippen MR) is 88.9 cm³/mol. The monoisotopic (exact) mass is 385 g/mol. The van der Waals surface area contributed by atoms with E-state index in [9.17, 15) is 8.42 Å². The minimum atomic E-state index is -3.41. The third kappa shape index (κ3) is 3.39. The molecule has 1 aromatic carbocycles. The van der Waals surface area contributed by atoms with Gasteiger partial charge in [-0.25, -0.2) is 8.42 Å². The van der Waals surface area contributed by atoms with Crippen molar-refractivity contribution in [3.63, 3.8) is 0 Å². The van der Waals surface area contributed by atoms with Gasteiger partial charge < -0.3 is 0 Å². The molecule has 2 aromatic rings. The number of aryl methyl sites for hydroxylation is 1. The second kappa shape index (κ2) is 5.83. The van der Waals surface area contributed by atoms with Gasteiger partial charge in [0.15, 0.2) is 0 Å². The van der Waals surface area contributed by atoms with Crippen LogP contribution in [0, 0.1) is 6.92 Å². The van der Waals surface area contributed by atoms with E-state index in [4.69, 9.17) is 0 Å².